The van der Waals surface area contributed by atoms with Crippen LogP contribution < -0.4 is 21.1 Å². The second kappa shape index (κ2) is 9.37. The summed E-state index contributed by atoms with van der Waals surface area (Å²) in [6, 6.07) is 9.97. The summed E-state index contributed by atoms with van der Waals surface area (Å²) < 4.78 is 14.9. The largest absolute Gasteiger partial charge is 0.478 e. The molecule has 11 heteroatoms. The Morgan fingerprint density at radius 2 is 1.96 bits per heavy atom. The molecule has 28 heavy (non-hydrogen) atoms. The van der Waals surface area contributed by atoms with Crippen LogP contribution in [-0.2, 0) is 16.1 Å². The summed E-state index contributed by atoms with van der Waals surface area (Å²) in [5.41, 5.74) is 3.84. The van der Waals surface area contributed by atoms with E-state index in [9.17, 15) is 19.5 Å². The lowest BCUT2D eigenvalue weighted by Crippen LogP contribution is -2.63. The van der Waals surface area contributed by atoms with Crippen LogP contribution in [0.3, 0.4) is 0 Å². The second-order valence-electron chi connectivity index (χ2n) is 5.74. The molecule has 0 radical (unpaired) electrons. The van der Waals surface area contributed by atoms with Gasteiger partial charge < -0.3 is 30.2 Å². The third-order valence-electron chi connectivity index (χ3n) is 3.44. The van der Waals surface area contributed by atoms with Gasteiger partial charge in [0.15, 0.2) is 0 Å². The first-order valence-electron chi connectivity index (χ1n) is 8.18. The average molecular weight is 392 g/mol. The first kappa shape index (κ1) is 20.7. The van der Waals surface area contributed by atoms with E-state index in [2.05, 4.69) is 15.8 Å². The molecule has 0 aliphatic carbocycles. The fourth-order valence-corrected chi connectivity index (χ4v) is 1.99. The van der Waals surface area contributed by atoms with Crippen molar-refractivity contribution in [1.29, 1.82) is 0 Å². The third-order valence-corrected chi connectivity index (χ3v) is 3.44. The van der Waals surface area contributed by atoms with Crippen molar-refractivity contribution in [1.82, 2.24) is 15.8 Å². The molecule has 150 valence electrons. The van der Waals surface area contributed by atoms with Gasteiger partial charge in [-0.1, -0.05) is 30.3 Å². The molecule has 11 nitrogen and oxygen atoms in total. The Hall–Kier alpha value is -3.60. The van der Waals surface area contributed by atoms with Crippen LogP contribution in [-0.4, -0.2) is 47.0 Å². The predicted molar refractivity (Wildman–Crippen MR) is 94.3 cm³/mol. The molecule has 0 aliphatic rings. The van der Waals surface area contributed by atoms with Crippen LogP contribution in [0.4, 0.5) is 4.79 Å². The van der Waals surface area contributed by atoms with E-state index in [1.807, 2.05) is 0 Å². The molecule has 0 aliphatic heterocycles. The molecule has 1 unspecified atom stereocenters. The molecule has 2 amide bonds. The Kier molecular flexibility index (Phi) is 6.93. The number of aromatic nitrogens is 1. The van der Waals surface area contributed by atoms with Crippen LogP contribution in [0.15, 0.2) is 40.9 Å². The normalized spacial score (nSPS) is 12.5. The summed E-state index contributed by atoms with van der Waals surface area (Å²) in [7, 11) is 0. The van der Waals surface area contributed by atoms with Gasteiger partial charge >= 0.3 is 12.1 Å². The first-order chi connectivity index (χ1) is 13.3. The number of amides is 2. The van der Waals surface area contributed by atoms with E-state index in [-0.39, 0.29) is 31.4 Å². The number of benzene rings is 1. The van der Waals surface area contributed by atoms with Crippen LogP contribution in [0.1, 0.15) is 23.0 Å². The summed E-state index contributed by atoms with van der Waals surface area (Å²) in [6.07, 6.45) is -1.03. The van der Waals surface area contributed by atoms with E-state index in [4.69, 9.17) is 19.7 Å². The van der Waals surface area contributed by atoms with Gasteiger partial charge in [0.2, 0.25) is 11.4 Å². The van der Waals surface area contributed by atoms with Crippen molar-refractivity contribution in [3.8, 4) is 5.88 Å². The number of hydrogen-bond acceptors (Lipinski definition) is 8. The molecule has 1 aromatic heterocycles. The zero-order valence-corrected chi connectivity index (χ0v) is 15.0. The minimum atomic E-state index is -2.16. The number of carbonyl (C=O) groups excluding carboxylic acids is 2. The van der Waals surface area contributed by atoms with Gasteiger partial charge in [-0.15, -0.1) is 0 Å². The molecule has 0 fully saturated rings. The van der Waals surface area contributed by atoms with Gasteiger partial charge in [-0.3, -0.25) is 10.1 Å². The van der Waals surface area contributed by atoms with Gasteiger partial charge in [0.1, 0.15) is 13.2 Å². The number of alkyl carbamates (subject to hydrolysis) is 1. The minimum Gasteiger partial charge on any atom is -0.478 e. The van der Waals surface area contributed by atoms with Crippen molar-refractivity contribution in [2.24, 2.45) is 5.73 Å². The number of carboxylic acid groups (broad SMARTS) is 1. The van der Waals surface area contributed by atoms with Gasteiger partial charge in [0, 0.05) is 6.54 Å². The Bertz CT molecular complexity index is 824. The maximum atomic E-state index is 12.2. The smallest absolute Gasteiger partial charge is 0.409 e. The van der Waals surface area contributed by atoms with Crippen molar-refractivity contribution in [3.63, 3.8) is 0 Å². The number of nitrogens with one attached hydrogen (secondary N) is 2. The maximum Gasteiger partial charge on any atom is 0.409 e. The van der Waals surface area contributed by atoms with Crippen molar-refractivity contribution >= 4 is 18.0 Å². The summed E-state index contributed by atoms with van der Waals surface area (Å²) in [5.74, 6) is -2.73. The molecule has 1 aromatic carbocycles. The summed E-state index contributed by atoms with van der Waals surface area (Å²) in [5, 5.41) is 17.2. The molecule has 1 atom stereocenters. The number of rotatable bonds is 9. The van der Waals surface area contributed by atoms with E-state index in [1.165, 1.54) is 6.07 Å². The highest BCUT2D eigenvalue weighted by molar-refractivity contribution is 5.96. The van der Waals surface area contributed by atoms with Gasteiger partial charge in [0.25, 0.3) is 11.8 Å². The number of carbonyl (C=O) groups is 3. The number of ether oxygens (including phenoxy) is 2. The SMILES string of the molecule is CC(NC(=O)OCc1ccccc1)(NC(=O)c1cc(OCCN)no1)C(=O)O. The molecule has 0 bridgehead atoms. The molecule has 5 N–H and O–H groups in total. The Morgan fingerprint density at radius 3 is 2.61 bits per heavy atom. The molecular formula is C17H20N4O7. The molecule has 1 heterocycles. The van der Waals surface area contributed by atoms with Crippen LogP contribution in [0.5, 0.6) is 5.88 Å². The molecule has 0 saturated heterocycles. The fraction of sp³-hybridized carbons (Fsp3) is 0.294. The average Bonchev–Trinajstić information content (AvgIpc) is 3.14. The standard InChI is InChI=1S/C17H20N4O7/c1-17(15(23)24,20-16(25)27-10-11-5-3-2-4-6-11)19-14(22)12-9-13(21-28-12)26-8-7-18/h2-6,9H,7-8,10,18H2,1H3,(H,19,22)(H,20,25)(H,23,24). The zero-order valence-electron chi connectivity index (χ0n) is 15.0. The van der Waals surface area contributed by atoms with Crippen molar-refractivity contribution < 1.29 is 33.5 Å². The van der Waals surface area contributed by atoms with Gasteiger partial charge in [-0.25, -0.2) is 9.59 Å². The summed E-state index contributed by atoms with van der Waals surface area (Å²) in [6.45, 7) is 1.41. The van der Waals surface area contributed by atoms with Crippen LogP contribution in [0, 0.1) is 0 Å². The van der Waals surface area contributed by atoms with Gasteiger partial charge in [0.05, 0.1) is 6.07 Å². The van der Waals surface area contributed by atoms with Crippen LogP contribution in [0.2, 0.25) is 0 Å². The van der Waals surface area contributed by atoms with Gasteiger partial charge in [-0.05, 0) is 17.6 Å². The predicted octanol–water partition coefficient (Wildman–Crippen LogP) is 0.469. The van der Waals surface area contributed by atoms with Gasteiger partial charge in [-0.2, -0.15) is 0 Å². The molecular weight excluding hydrogens is 372 g/mol. The third kappa shape index (κ3) is 5.71. The van der Waals surface area contributed by atoms with Crippen LogP contribution >= 0.6 is 0 Å². The summed E-state index contributed by atoms with van der Waals surface area (Å²) >= 11 is 0. The Morgan fingerprint density at radius 1 is 1.25 bits per heavy atom. The van der Waals surface area contributed by atoms with E-state index in [1.54, 1.807) is 30.3 Å². The number of carboxylic acids is 1. The fourth-order valence-electron chi connectivity index (χ4n) is 1.99. The molecule has 2 aromatic rings. The van der Waals surface area contributed by atoms with E-state index < -0.39 is 23.6 Å². The summed E-state index contributed by atoms with van der Waals surface area (Å²) in [4.78, 5) is 35.8. The van der Waals surface area contributed by atoms with E-state index >= 15 is 0 Å². The van der Waals surface area contributed by atoms with Crippen molar-refractivity contribution in [2.45, 2.75) is 19.2 Å². The number of aliphatic carboxylic acids is 1. The highest BCUT2D eigenvalue weighted by Gasteiger charge is 2.38. The Balaban J connectivity index is 1.97. The number of nitrogens with two attached hydrogens (primary N) is 1. The quantitative estimate of drug-likeness (QED) is 0.444. The van der Waals surface area contributed by atoms with Crippen LogP contribution in [0.25, 0.3) is 0 Å². The second-order valence-corrected chi connectivity index (χ2v) is 5.74. The zero-order chi connectivity index (χ0) is 20.6. The highest BCUT2D eigenvalue weighted by atomic mass is 16.6. The monoisotopic (exact) mass is 392 g/mol. The lowest BCUT2D eigenvalue weighted by atomic mass is 10.2. The number of nitrogens with zero attached hydrogens (tertiary/aromatic N) is 1. The Labute approximate surface area is 159 Å². The first-order valence-corrected chi connectivity index (χ1v) is 8.18. The van der Waals surface area contributed by atoms with E-state index in [0.717, 1.165) is 6.92 Å². The van der Waals surface area contributed by atoms with E-state index in [0.29, 0.717) is 5.56 Å². The number of hydrogen-bond donors (Lipinski definition) is 4. The lowest BCUT2D eigenvalue weighted by Gasteiger charge is -2.26. The molecule has 2 rings (SSSR count). The maximum absolute atomic E-state index is 12.2. The molecule has 0 saturated carbocycles. The highest BCUT2D eigenvalue weighted by Crippen LogP contribution is 2.12. The lowest BCUT2D eigenvalue weighted by molar-refractivity contribution is -0.145. The molecule has 0 spiro atoms. The van der Waals surface area contributed by atoms with Crippen molar-refractivity contribution in [3.05, 3.63) is 47.7 Å². The van der Waals surface area contributed by atoms with Crippen molar-refractivity contribution in [2.75, 3.05) is 13.2 Å². The topological polar surface area (TPSA) is 166 Å². The minimum absolute atomic E-state index is 0.0165.